The maximum Gasteiger partial charge on any atom is 0.349 e. The fraction of sp³-hybridized carbons (Fsp3) is 0.686. The second-order valence-corrected chi connectivity index (χ2v) is 21.3. The third kappa shape index (κ3) is 4.60. The Labute approximate surface area is 267 Å². The molecule has 3 unspecified atom stereocenters. The molecule has 4 heterocycles. The molecule has 2 aromatic heterocycles. The highest BCUT2D eigenvalue weighted by molar-refractivity contribution is 6.73. The first-order valence-electron chi connectivity index (χ1n) is 16.2. The van der Waals surface area contributed by atoms with Crippen LogP contribution in [0.4, 0.5) is 0 Å². The highest BCUT2D eigenvalue weighted by Crippen LogP contribution is 2.69. The molecule has 2 saturated carbocycles. The normalized spacial score (nSPS) is 37.3. The average Bonchev–Trinajstić information content (AvgIpc) is 2.92. The molecular formula is C35H49NO8Si. The summed E-state index contributed by atoms with van der Waals surface area (Å²) in [5, 5.41) is 11.9. The number of rotatable bonds is 2. The fourth-order valence-electron chi connectivity index (χ4n) is 9.98. The van der Waals surface area contributed by atoms with Crippen molar-refractivity contribution in [3.63, 3.8) is 0 Å². The Hall–Kier alpha value is -2.53. The van der Waals surface area contributed by atoms with E-state index in [1.165, 1.54) is 6.92 Å². The summed E-state index contributed by atoms with van der Waals surface area (Å²) in [4.78, 5) is 30.3. The van der Waals surface area contributed by atoms with Crippen LogP contribution in [0.5, 0.6) is 5.75 Å². The zero-order chi connectivity index (χ0) is 33.0. The Morgan fingerprint density at radius 1 is 1.11 bits per heavy atom. The maximum absolute atomic E-state index is 13.6. The topological polar surface area (TPSA) is 117 Å². The van der Waals surface area contributed by atoms with Crippen molar-refractivity contribution < 1.29 is 32.6 Å². The van der Waals surface area contributed by atoms with E-state index in [9.17, 15) is 14.7 Å². The molecule has 9 nitrogen and oxygen atoms in total. The number of esters is 1. The summed E-state index contributed by atoms with van der Waals surface area (Å²) in [5.74, 6) is -0.512. The van der Waals surface area contributed by atoms with E-state index < -0.39 is 54.7 Å². The van der Waals surface area contributed by atoms with E-state index in [4.69, 9.17) is 22.7 Å². The summed E-state index contributed by atoms with van der Waals surface area (Å²) < 4.78 is 32.9. The first kappa shape index (κ1) is 32.4. The molecule has 0 amide bonds. The smallest absolute Gasteiger partial charge is 0.349 e. The molecule has 3 fully saturated rings. The lowest BCUT2D eigenvalue weighted by atomic mass is 9.42. The van der Waals surface area contributed by atoms with E-state index in [-0.39, 0.29) is 33.4 Å². The highest BCUT2D eigenvalue weighted by atomic mass is 28.4. The molecule has 0 aromatic carbocycles. The van der Waals surface area contributed by atoms with Crippen LogP contribution in [0.1, 0.15) is 100 Å². The van der Waals surface area contributed by atoms with Gasteiger partial charge in [-0.3, -0.25) is 9.78 Å². The number of pyridine rings is 1. The molecule has 6 rings (SSSR count). The van der Waals surface area contributed by atoms with Crippen molar-refractivity contribution in [2.24, 2.45) is 22.7 Å². The highest BCUT2D eigenvalue weighted by Gasteiger charge is 2.73. The van der Waals surface area contributed by atoms with Crippen molar-refractivity contribution in [3.8, 4) is 17.1 Å². The monoisotopic (exact) mass is 639 g/mol. The number of carbonyl (C=O) groups is 1. The Morgan fingerprint density at radius 2 is 1.80 bits per heavy atom. The number of hydrogen-bond acceptors (Lipinski definition) is 9. The van der Waals surface area contributed by atoms with Gasteiger partial charge in [0.05, 0.1) is 12.2 Å². The molecule has 0 radical (unpaired) electrons. The predicted molar refractivity (Wildman–Crippen MR) is 171 cm³/mol. The van der Waals surface area contributed by atoms with E-state index in [1.807, 2.05) is 6.92 Å². The molecular weight excluding hydrogens is 590 g/mol. The van der Waals surface area contributed by atoms with Gasteiger partial charge in [-0.25, -0.2) is 4.79 Å². The van der Waals surface area contributed by atoms with Gasteiger partial charge >= 0.3 is 20.2 Å². The van der Waals surface area contributed by atoms with Crippen LogP contribution in [0, 0.1) is 22.7 Å². The Balaban J connectivity index is 1.45. The van der Waals surface area contributed by atoms with E-state index in [1.54, 1.807) is 30.6 Å². The van der Waals surface area contributed by atoms with Gasteiger partial charge < -0.3 is 27.8 Å². The van der Waals surface area contributed by atoms with E-state index in [0.29, 0.717) is 24.4 Å². The third-order valence-electron chi connectivity index (χ3n) is 11.7. The lowest BCUT2D eigenvalue weighted by molar-refractivity contribution is -0.274. The van der Waals surface area contributed by atoms with Gasteiger partial charge in [0.1, 0.15) is 28.8 Å². The first-order valence-corrected chi connectivity index (χ1v) is 18.0. The quantitative estimate of drug-likeness (QED) is 0.282. The number of carbonyl (C=O) groups excluding carboxylic acids is 1. The fourth-order valence-corrected chi connectivity index (χ4v) is 15.2. The van der Waals surface area contributed by atoms with Crippen molar-refractivity contribution in [2.75, 3.05) is 6.61 Å². The van der Waals surface area contributed by atoms with Gasteiger partial charge in [-0.2, -0.15) is 0 Å². The minimum absolute atomic E-state index is 0.0559. The lowest BCUT2D eigenvalue weighted by Crippen LogP contribution is -2.74. The Kier molecular flexibility index (Phi) is 7.37. The molecule has 0 spiro atoms. The summed E-state index contributed by atoms with van der Waals surface area (Å²) in [6.07, 6.45) is 3.35. The number of hydrogen-bond donors (Lipinski definition) is 1. The molecule has 2 aliphatic heterocycles. The molecule has 0 bridgehead atoms. The standard InChI is InChI=1S/C35H49NO8Si/c1-20(37)41-26-17-24-33(8,14-13-25-34(24,9)19-40-45(44-25,31(2,3)4)32(5,6)7)29-28(38)27-23(43-35(26,29)10)16-22(42-30(27)39)21-12-11-15-36-18-21/h11-12,15-16,18,24-26,28-29,38H,13-14,17,19H2,1-10H3/t24?,25-,26-,28?,29?,33-,34-,35+/m0/s1. The number of ether oxygens (including phenoxy) is 2. The summed E-state index contributed by atoms with van der Waals surface area (Å²) in [6, 6.07) is 5.19. The molecule has 2 aromatic rings. The van der Waals surface area contributed by atoms with Gasteiger partial charge in [-0.05, 0) is 49.7 Å². The second-order valence-electron chi connectivity index (χ2n) is 16.6. The van der Waals surface area contributed by atoms with Gasteiger partial charge in [0.15, 0.2) is 0 Å². The molecule has 1 N–H and O–H groups in total. The van der Waals surface area contributed by atoms with Crippen LogP contribution >= 0.6 is 0 Å². The van der Waals surface area contributed by atoms with Crippen molar-refractivity contribution in [1.29, 1.82) is 0 Å². The molecule has 4 aliphatic rings. The van der Waals surface area contributed by atoms with Crippen molar-refractivity contribution in [1.82, 2.24) is 4.98 Å². The number of aromatic nitrogens is 1. The van der Waals surface area contributed by atoms with E-state index in [2.05, 4.69) is 60.4 Å². The van der Waals surface area contributed by atoms with Crippen molar-refractivity contribution >= 4 is 14.5 Å². The molecule has 2 aliphatic carbocycles. The van der Waals surface area contributed by atoms with Gasteiger partial charge in [-0.1, -0.05) is 55.4 Å². The Morgan fingerprint density at radius 3 is 2.40 bits per heavy atom. The van der Waals surface area contributed by atoms with Crippen LogP contribution in [0.15, 0.2) is 39.8 Å². The summed E-state index contributed by atoms with van der Waals surface area (Å²) in [6.45, 7) is 21.6. The molecule has 45 heavy (non-hydrogen) atoms. The van der Waals surface area contributed by atoms with Gasteiger partial charge in [0, 0.05) is 59.0 Å². The molecule has 1 saturated heterocycles. The lowest BCUT2D eigenvalue weighted by Gasteiger charge is -2.69. The van der Waals surface area contributed by atoms with Gasteiger partial charge in [-0.15, -0.1) is 0 Å². The summed E-state index contributed by atoms with van der Waals surface area (Å²) >= 11 is 0. The molecule has 10 heteroatoms. The van der Waals surface area contributed by atoms with Gasteiger partial charge in [0.25, 0.3) is 0 Å². The van der Waals surface area contributed by atoms with Crippen molar-refractivity contribution in [2.45, 2.75) is 122 Å². The van der Waals surface area contributed by atoms with Crippen LogP contribution in [0.3, 0.4) is 0 Å². The predicted octanol–water partition coefficient (Wildman–Crippen LogP) is 6.72. The number of fused-ring (bicyclic) bond motifs is 6. The van der Waals surface area contributed by atoms with Crippen molar-refractivity contribution in [3.05, 3.63) is 46.6 Å². The zero-order valence-corrected chi connectivity index (χ0v) is 29.4. The average molecular weight is 640 g/mol. The number of aliphatic hydroxyl groups is 1. The second kappa shape index (κ2) is 10.2. The van der Waals surface area contributed by atoms with E-state index >= 15 is 0 Å². The zero-order valence-electron chi connectivity index (χ0n) is 28.4. The maximum atomic E-state index is 13.6. The van der Waals surface area contributed by atoms with Crippen LogP contribution in [0.2, 0.25) is 10.1 Å². The van der Waals surface area contributed by atoms with Gasteiger partial charge in [0.2, 0.25) is 0 Å². The molecule has 246 valence electrons. The largest absolute Gasteiger partial charge is 0.482 e. The first-order chi connectivity index (χ1) is 20.8. The molecule has 8 atom stereocenters. The van der Waals surface area contributed by atoms with Crippen LogP contribution in [-0.4, -0.2) is 49.0 Å². The SMILES string of the molecule is CC(=O)O[C@H]1CC2[C@](C)(CC[C@@H]3O[Si](C(C)(C)C)(C(C)(C)C)OC[C@@]23C)C2C(O)c3c(cc(-c4cccnc4)oc3=O)O[C@@]21C. The van der Waals surface area contributed by atoms with Crippen LogP contribution in [0.25, 0.3) is 11.3 Å². The Bertz CT molecular complexity index is 1530. The van der Waals surface area contributed by atoms with Crippen LogP contribution < -0.4 is 10.4 Å². The minimum atomic E-state index is -2.73. The number of aliphatic hydroxyl groups excluding tert-OH is 1. The summed E-state index contributed by atoms with van der Waals surface area (Å²) in [7, 11) is -2.73. The van der Waals surface area contributed by atoms with Crippen LogP contribution in [-0.2, 0) is 18.4 Å². The van der Waals surface area contributed by atoms with E-state index in [0.717, 1.165) is 12.8 Å². The number of nitrogens with zero attached hydrogens (tertiary/aromatic N) is 1. The summed E-state index contributed by atoms with van der Waals surface area (Å²) in [5.41, 5.74) is -1.97. The minimum Gasteiger partial charge on any atom is -0.482 e. The third-order valence-corrected chi connectivity index (χ3v) is 16.8.